The van der Waals surface area contributed by atoms with E-state index in [4.69, 9.17) is 10.8 Å². The van der Waals surface area contributed by atoms with Crippen molar-refractivity contribution < 1.29 is 5.11 Å². The zero-order valence-electron chi connectivity index (χ0n) is 11.1. The van der Waals surface area contributed by atoms with Crippen LogP contribution in [0.25, 0.3) is 0 Å². The van der Waals surface area contributed by atoms with Crippen molar-refractivity contribution >= 4 is 5.69 Å². The fraction of sp³-hybridized carbons (Fsp3) is 0.571. The van der Waals surface area contributed by atoms with E-state index in [0.717, 1.165) is 12.1 Å². The maximum absolute atomic E-state index is 8.92. The molecule has 1 unspecified atom stereocenters. The molecule has 0 radical (unpaired) electrons. The first-order chi connectivity index (χ1) is 8.02. The van der Waals surface area contributed by atoms with Crippen LogP contribution in [0.2, 0.25) is 0 Å². The summed E-state index contributed by atoms with van der Waals surface area (Å²) in [4.78, 5) is 2.07. The van der Waals surface area contributed by atoms with Gasteiger partial charge in [-0.25, -0.2) is 0 Å². The SMILES string of the molecule is CC(C)Cc1ccc(N(C)CC(N)CO)cc1. The summed E-state index contributed by atoms with van der Waals surface area (Å²) >= 11 is 0. The highest BCUT2D eigenvalue weighted by molar-refractivity contribution is 5.47. The van der Waals surface area contributed by atoms with Crippen molar-refractivity contribution in [3.63, 3.8) is 0 Å². The molecule has 0 amide bonds. The van der Waals surface area contributed by atoms with Crippen molar-refractivity contribution in [1.29, 1.82) is 0 Å². The van der Waals surface area contributed by atoms with Gasteiger partial charge in [0.05, 0.1) is 6.61 Å². The third-order valence-corrected chi connectivity index (χ3v) is 2.76. The van der Waals surface area contributed by atoms with Crippen LogP contribution in [-0.2, 0) is 6.42 Å². The van der Waals surface area contributed by atoms with E-state index in [1.807, 2.05) is 7.05 Å². The van der Waals surface area contributed by atoms with Crippen LogP contribution in [0.4, 0.5) is 5.69 Å². The highest BCUT2D eigenvalue weighted by Gasteiger charge is 2.06. The third kappa shape index (κ3) is 4.75. The van der Waals surface area contributed by atoms with Gasteiger partial charge in [0.1, 0.15) is 0 Å². The van der Waals surface area contributed by atoms with Gasteiger partial charge in [-0.3, -0.25) is 0 Å². The van der Waals surface area contributed by atoms with Crippen molar-refractivity contribution in [2.45, 2.75) is 26.3 Å². The van der Waals surface area contributed by atoms with E-state index in [0.29, 0.717) is 12.5 Å². The molecule has 0 spiro atoms. The minimum absolute atomic E-state index is 0.0236. The second kappa shape index (κ2) is 6.62. The molecular formula is C14H24N2O. The number of benzene rings is 1. The van der Waals surface area contributed by atoms with Crippen molar-refractivity contribution in [3.05, 3.63) is 29.8 Å². The van der Waals surface area contributed by atoms with E-state index >= 15 is 0 Å². The van der Waals surface area contributed by atoms with Crippen molar-refractivity contribution in [2.24, 2.45) is 11.7 Å². The second-order valence-electron chi connectivity index (χ2n) is 5.09. The van der Waals surface area contributed by atoms with Gasteiger partial charge in [-0.05, 0) is 30.0 Å². The summed E-state index contributed by atoms with van der Waals surface area (Å²) in [6.07, 6.45) is 1.11. The molecule has 0 saturated heterocycles. The second-order valence-corrected chi connectivity index (χ2v) is 5.09. The van der Waals surface area contributed by atoms with Crippen LogP contribution in [0.3, 0.4) is 0 Å². The fourth-order valence-electron chi connectivity index (χ4n) is 1.87. The zero-order chi connectivity index (χ0) is 12.8. The number of nitrogens with two attached hydrogens (primary N) is 1. The van der Waals surface area contributed by atoms with E-state index in [9.17, 15) is 0 Å². The van der Waals surface area contributed by atoms with E-state index < -0.39 is 0 Å². The van der Waals surface area contributed by atoms with Gasteiger partial charge in [-0.2, -0.15) is 0 Å². The maximum Gasteiger partial charge on any atom is 0.0599 e. The molecule has 1 rings (SSSR count). The fourth-order valence-corrected chi connectivity index (χ4v) is 1.87. The largest absolute Gasteiger partial charge is 0.395 e. The normalized spacial score (nSPS) is 12.8. The lowest BCUT2D eigenvalue weighted by atomic mass is 10.0. The van der Waals surface area contributed by atoms with Gasteiger partial charge in [0.15, 0.2) is 0 Å². The molecule has 1 atom stereocenters. The first-order valence-electron chi connectivity index (χ1n) is 6.19. The molecule has 3 nitrogen and oxygen atoms in total. The summed E-state index contributed by atoms with van der Waals surface area (Å²) in [5.41, 5.74) is 8.22. The van der Waals surface area contributed by atoms with Crippen molar-refractivity contribution in [1.82, 2.24) is 0 Å². The van der Waals surface area contributed by atoms with Crippen LogP contribution in [0, 0.1) is 5.92 Å². The molecule has 1 aromatic rings. The van der Waals surface area contributed by atoms with Crippen LogP contribution in [0.5, 0.6) is 0 Å². The number of hydrogen-bond donors (Lipinski definition) is 2. The summed E-state index contributed by atoms with van der Waals surface area (Å²) in [6.45, 7) is 5.14. The van der Waals surface area contributed by atoms with Gasteiger partial charge in [-0.15, -0.1) is 0 Å². The molecule has 0 heterocycles. The summed E-state index contributed by atoms with van der Waals surface area (Å²) in [6, 6.07) is 8.37. The molecule has 0 aromatic heterocycles. The predicted molar refractivity (Wildman–Crippen MR) is 73.3 cm³/mol. The Hall–Kier alpha value is -1.06. The van der Waals surface area contributed by atoms with E-state index in [1.54, 1.807) is 0 Å². The predicted octanol–water partition coefficient (Wildman–Crippen LogP) is 1.64. The Morgan fingerprint density at radius 2 is 1.82 bits per heavy atom. The van der Waals surface area contributed by atoms with Crippen molar-refractivity contribution in [3.8, 4) is 0 Å². The number of likely N-dealkylation sites (N-methyl/N-ethyl adjacent to an activating group) is 1. The number of anilines is 1. The molecule has 1 aromatic carbocycles. The molecule has 3 N–H and O–H groups in total. The minimum atomic E-state index is -0.185. The summed E-state index contributed by atoms with van der Waals surface area (Å²) < 4.78 is 0. The van der Waals surface area contributed by atoms with E-state index in [-0.39, 0.29) is 12.6 Å². The van der Waals surface area contributed by atoms with E-state index in [2.05, 4.69) is 43.0 Å². The Kier molecular flexibility index (Phi) is 5.45. The number of rotatable bonds is 6. The standard InChI is InChI=1S/C14H24N2O/c1-11(2)8-12-4-6-14(7-5-12)16(3)9-13(15)10-17/h4-7,11,13,17H,8-10,15H2,1-3H3. The first kappa shape index (κ1) is 14.0. The first-order valence-corrected chi connectivity index (χ1v) is 6.19. The Morgan fingerprint density at radius 1 is 1.24 bits per heavy atom. The number of nitrogens with zero attached hydrogens (tertiary/aromatic N) is 1. The van der Waals surface area contributed by atoms with E-state index in [1.165, 1.54) is 5.56 Å². The Balaban J connectivity index is 2.60. The molecule has 0 aliphatic carbocycles. The van der Waals surface area contributed by atoms with Crippen LogP contribution in [-0.4, -0.2) is 31.3 Å². The molecule has 0 bridgehead atoms. The molecule has 0 aliphatic heterocycles. The third-order valence-electron chi connectivity index (χ3n) is 2.76. The van der Waals surface area contributed by atoms with Gasteiger partial charge in [-0.1, -0.05) is 26.0 Å². The van der Waals surface area contributed by atoms with Crippen LogP contribution >= 0.6 is 0 Å². The monoisotopic (exact) mass is 236 g/mol. The summed E-state index contributed by atoms with van der Waals surface area (Å²) in [5.74, 6) is 0.682. The molecule has 96 valence electrons. The number of aliphatic hydroxyl groups excluding tert-OH is 1. The van der Waals surface area contributed by atoms with Gasteiger partial charge in [0.2, 0.25) is 0 Å². The van der Waals surface area contributed by atoms with Gasteiger partial charge in [0, 0.05) is 25.3 Å². The molecule has 17 heavy (non-hydrogen) atoms. The molecular weight excluding hydrogens is 212 g/mol. The highest BCUT2D eigenvalue weighted by atomic mass is 16.3. The number of aliphatic hydroxyl groups is 1. The average Bonchev–Trinajstić information content (AvgIpc) is 2.28. The van der Waals surface area contributed by atoms with Gasteiger partial charge < -0.3 is 15.7 Å². The lowest BCUT2D eigenvalue weighted by Gasteiger charge is -2.22. The molecule has 3 heteroatoms. The Morgan fingerprint density at radius 3 is 2.29 bits per heavy atom. The highest BCUT2D eigenvalue weighted by Crippen LogP contribution is 2.16. The number of hydrogen-bond acceptors (Lipinski definition) is 3. The lowest BCUT2D eigenvalue weighted by molar-refractivity contribution is 0.267. The Bertz CT molecular complexity index is 321. The molecule has 0 aliphatic rings. The van der Waals surface area contributed by atoms with Gasteiger partial charge in [0.25, 0.3) is 0 Å². The Labute approximate surface area is 104 Å². The molecule has 0 saturated carbocycles. The topological polar surface area (TPSA) is 49.5 Å². The lowest BCUT2D eigenvalue weighted by Crippen LogP contribution is -2.37. The molecule has 0 fully saturated rings. The summed E-state index contributed by atoms with van der Waals surface area (Å²) in [7, 11) is 1.99. The smallest absolute Gasteiger partial charge is 0.0599 e. The average molecular weight is 236 g/mol. The van der Waals surface area contributed by atoms with Crippen LogP contribution in [0.15, 0.2) is 24.3 Å². The van der Waals surface area contributed by atoms with Crippen LogP contribution < -0.4 is 10.6 Å². The van der Waals surface area contributed by atoms with Crippen molar-refractivity contribution in [2.75, 3.05) is 25.1 Å². The quantitative estimate of drug-likeness (QED) is 0.789. The summed E-state index contributed by atoms with van der Waals surface area (Å²) in [5, 5.41) is 8.92. The van der Waals surface area contributed by atoms with Crippen LogP contribution in [0.1, 0.15) is 19.4 Å². The minimum Gasteiger partial charge on any atom is -0.395 e. The van der Waals surface area contributed by atoms with Gasteiger partial charge >= 0.3 is 0 Å². The maximum atomic E-state index is 8.92. The zero-order valence-corrected chi connectivity index (χ0v) is 11.1.